The fourth-order valence-electron chi connectivity index (χ4n) is 4.53. The molecule has 3 aliphatic rings. The van der Waals surface area contributed by atoms with Crippen molar-refractivity contribution in [3.63, 3.8) is 0 Å². The Morgan fingerprint density at radius 2 is 2.04 bits per heavy atom. The molecule has 2 heterocycles. The molecule has 1 aromatic heterocycles. The Morgan fingerprint density at radius 3 is 2.81 bits per heavy atom. The van der Waals surface area contributed by atoms with Crippen molar-refractivity contribution in [2.45, 2.75) is 57.9 Å². The first kappa shape index (κ1) is 17.7. The van der Waals surface area contributed by atoms with E-state index in [2.05, 4.69) is 17.1 Å². The molecule has 1 amide bonds. The molecule has 1 saturated heterocycles. The number of hydrogen-bond donors (Lipinski definition) is 1. The van der Waals surface area contributed by atoms with Gasteiger partial charge in [0.15, 0.2) is 0 Å². The number of aromatic nitrogens is 2. The number of hydrogen-bond acceptors (Lipinski definition) is 5. The molecule has 2 fully saturated rings. The van der Waals surface area contributed by atoms with Gasteiger partial charge >= 0.3 is 0 Å². The van der Waals surface area contributed by atoms with Crippen molar-refractivity contribution in [3.8, 4) is 0 Å². The second-order valence-corrected chi connectivity index (χ2v) is 8.06. The zero-order chi connectivity index (χ0) is 18.1. The molecule has 26 heavy (non-hydrogen) atoms. The Morgan fingerprint density at radius 1 is 1.23 bits per heavy atom. The maximum Gasteiger partial charge on any atom is 0.225 e. The van der Waals surface area contributed by atoms with Crippen LogP contribution < -0.4 is 10.2 Å². The average molecular weight is 358 g/mol. The van der Waals surface area contributed by atoms with Crippen molar-refractivity contribution >= 4 is 11.9 Å². The van der Waals surface area contributed by atoms with Crippen LogP contribution >= 0.6 is 0 Å². The van der Waals surface area contributed by atoms with Crippen LogP contribution in [0.3, 0.4) is 0 Å². The third-order valence-electron chi connectivity index (χ3n) is 6.13. The first-order chi connectivity index (χ1) is 12.7. The van der Waals surface area contributed by atoms with Crippen molar-refractivity contribution in [1.82, 2.24) is 15.3 Å². The van der Waals surface area contributed by atoms with Gasteiger partial charge in [-0.15, -0.1) is 0 Å². The van der Waals surface area contributed by atoms with Gasteiger partial charge in [0.05, 0.1) is 12.6 Å². The highest BCUT2D eigenvalue weighted by Gasteiger charge is 2.43. The van der Waals surface area contributed by atoms with E-state index < -0.39 is 0 Å². The van der Waals surface area contributed by atoms with Gasteiger partial charge in [0.1, 0.15) is 0 Å². The van der Waals surface area contributed by atoms with Crippen molar-refractivity contribution in [2.75, 3.05) is 31.7 Å². The van der Waals surface area contributed by atoms with E-state index in [-0.39, 0.29) is 11.9 Å². The van der Waals surface area contributed by atoms with Gasteiger partial charge in [-0.1, -0.05) is 0 Å². The van der Waals surface area contributed by atoms with Gasteiger partial charge in [-0.25, -0.2) is 9.97 Å². The second-order valence-electron chi connectivity index (χ2n) is 8.06. The minimum atomic E-state index is 0.0897. The van der Waals surface area contributed by atoms with Crippen LogP contribution in [0.5, 0.6) is 0 Å². The number of fused-ring (bicyclic) bond motifs is 1. The number of carbonyl (C=O) groups excluding carboxylic acids is 1. The van der Waals surface area contributed by atoms with Crippen LogP contribution in [0.1, 0.15) is 49.1 Å². The largest absolute Gasteiger partial charge is 0.384 e. The molecule has 1 aliphatic heterocycles. The number of amides is 1. The summed E-state index contributed by atoms with van der Waals surface area (Å²) in [6.45, 7) is 4.37. The number of rotatable bonds is 6. The van der Waals surface area contributed by atoms with Gasteiger partial charge in [0.25, 0.3) is 0 Å². The summed E-state index contributed by atoms with van der Waals surface area (Å²) in [5.41, 5.74) is 3.75. The molecule has 0 aromatic carbocycles. The number of methoxy groups -OCH3 is 1. The maximum atomic E-state index is 12.2. The average Bonchev–Trinajstić information content (AvgIpc) is 3.40. The van der Waals surface area contributed by atoms with Gasteiger partial charge in [0.2, 0.25) is 11.9 Å². The molecule has 2 atom stereocenters. The van der Waals surface area contributed by atoms with Crippen LogP contribution in [0.2, 0.25) is 0 Å². The molecule has 6 heteroatoms. The van der Waals surface area contributed by atoms with Crippen LogP contribution in [0, 0.1) is 18.8 Å². The van der Waals surface area contributed by atoms with E-state index in [1.807, 2.05) is 0 Å². The summed E-state index contributed by atoms with van der Waals surface area (Å²) in [7, 11) is 1.63. The van der Waals surface area contributed by atoms with Gasteiger partial charge in [-0.05, 0) is 56.9 Å². The van der Waals surface area contributed by atoms with E-state index in [0.717, 1.165) is 43.5 Å². The molecule has 1 aromatic rings. The Kier molecular flexibility index (Phi) is 5.11. The molecule has 4 rings (SSSR count). The molecular weight excluding hydrogens is 328 g/mol. The van der Waals surface area contributed by atoms with Gasteiger partial charge in [-0.3, -0.25) is 4.79 Å². The van der Waals surface area contributed by atoms with E-state index >= 15 is 0 Å². The number of anilines is 1. The van der Waals surface area contributed by atoms with E-state index in [1.165, 1.54) is 36.9 Å². The third kappa shape index (κ3) is 3.70. The molecule has 1 saturated carbocycles. The number of aryl methyl sites for hydroxylation is 2. The first-order valence-corrected chi connectivity index (χ1v) is 10.1. The standard InChI is InChI=1S/C20H30N4O2/c1-13-15-5-3-4-6-17(15)23-20(21-13)24-11-16(14-7-8-14)18(12-24)22-19(25)9-10-26-2/h14,16,18H,3-12H2,1-2H3,(H,22,25). The third-order valence-corrected chi connectivity index (χ3v) is 6.13. The fraction of sp³-hybridized carbons (Fsp3) is 0.750. The molecule has 6 nitrogen and oxygen atoms in total. The zero-order valence-corrected chi connectivity index (χ0v) is 16.0. The summed E-state index contributed by atoms with van der Waals surface area (Å²) in [5, 5.41) is 3.25. The maximum absolute atomic E-state index is 12.2. The normalized spacial score (nSPS) is 25.2. The topological polar surface area (TPSA) is 67.3 Å². The highest BCUT2D eigenvalue weighted by atomic mass is 16.5. The summed E-state index contributed by atoms with van der Waals surface area (Å²) in [6, 6.07) is 0.201. The minimum absolute atomic E-state index is 0.0897. The Balaban J connectivity index is 1.49. The summed E-state index contributed by atoms with van der Waals surface area (Å²) in [6.07, 6.45) is 7.66. The van der Waals surface area contributed by atoms with E-state index in [9.17, 15) is 4.79 Å². The van der Waals surface area contributed by atoms with E-state index in [1.54, 1.807) is 7.11 Å². The first-order valence-electron chi connectivity index (χ1n) is 10.1. The lowest BCUT2D eigenvalue weighted by molar-refractivity contribution is -0.122. The predicted octanol–water partition coefficient (Wildman–Crippen LogP) is 2.03. The minimum Gasteiger partial charge on any atom is -0.384 e. The smallest absolute Gasteiger partial charge is 0.225 e. The van der Waals surface area contributed by atoms with Crippen LogP contribution in [-0.2, 0) is 22.4 Å². The van der Waals surface area contributed by atoms with E-state index in [0.29, 0.717) is 18.9 Å². The fourth-order valence-corrected chi connectivity index (χ4v) is 4.53. The molecule has 0 bridgehead atoms. The highest BCUT2D eigenvalue weighted by Crippen LogP contribution is 2.42. The van der Waals surface area contributed by atoms with Gasteiger partial charge in [0, 0.05) is 43.9 Å². The molecule has 2 aliphatic carbocycles. The van der Waals surface area contributed by atoms with Gasteiger partial charge in [-0.2, -0.15) is 0 Å². The second kappa shape index (κ2) is 7.51. The van der Waals surface area contributed by atoms with Gasteiger partial charge < -0.3 is 15.0 Å². The highest BCUT2D eigenvalue weighted by molar-refractivity contribution is 5.76. The number of ether oxygens (including phenoxy) is 1. The molecule has 1 N–H and O–H groups in total. The zero-order valence-electron chi connectivity index (χ0n) is 16.0. The van der Waals surface area contributed by atoms with Crippen LogP contribution in [0.4, 0.5) is 5.95 Å². The van der Waals surface area contributed by atoms with Crippen molar-refractivity contribution < 1.29 is 9.53 Å². The summed E-state index contributed by atoms with van der Waals surface area (Å²) in [4.78, 5) is 24.2. The van der Waals surface area contributed by atoms with Crippen LogP contribution in [0.15, 0.2) is 0 Å². The van der Waals surface area contributed by atoms with E-state index in [4.69, 9.17) is 14.7 Å². The van der Waals surface area contributed by atoms with Crippen molar-refractivity contribution in [3.05, 3.63) is 17.0 Å². The number of nitrogens with one attached hydrogen (secondary N) is 1. The van der Waals surface area contributed by atoms with Crippen LogP contribution in [-0.4, -0.2) is 48.7 Å². The lowest BCUT2D eigenvalue weighted by Crippen LogP contribution is -2.41. The summed E-state index contributed by atoms with van der Waals surface area (Å²) < 4.78 is 5.03. The summed E-state index contributed by atoms with van der Waals surface area (Å²) >= 11 is 0. The summed E-state index contributed by atoms with van der Waals surface area (Å²) in [5.74, 6) is 2.21. The lowest BCUT2D eigenvalue weighted by atomic mass is 9.95. The SMILES string of the molecule is COCCC(=O)NC1CN(c2nc(C)c3c(n2)CCCC3)CC1C1CC1. The predicted molar refractivity (Wildman–Crippen MR) is 100 cm³/mol. The molecule has 0 radical (unpaired) electrons. The monoisotopic (exact) mass is 358 g/mol. The van der Waals surface area contributed by atoms with Crippen molar-refractivity contribution in [2.24, 2.45) is 11.8 Å². The quantitative estimate of drug-likeness (QED) is 0.843. The Bertz CT molecular complexity index is 674. The lowest BCUT2D eigenvalue weighted by Gasteiger charge is -2.22. The Labute approximate surface area is 155 Å². The number of carbonyl (C=O) groups is 1. The Hall–Kier alpha value is -1.69. The number of nitrogens with zero attached hydrogens (tertiary/aromatic N) is 3. The van der Waals surface area contributed by atoms with Crippen molar-refractivity contribution in [1.29, 1.82) is 0 Å². The molecule has 0 spiro atoms. The van der Waals surface area contributed by atoms with Crippen LogP contribution in [0.25, 0.3) is 0 Å². The molecule has 2 unspecified atom stereocenters. The molecule has 142 valence electrons. The molecular formula is C20H30N4O2.